The zero-order valence-corrected chi connectivity index (χ0v) is 10.7. The molecule has 1 unspecified atom stereocenters. The largest absolute Gasteiger partial charge is 0.496 e. The fraction of sp³-hybridized carbons (Fsp3) is 0.538. The second-order valence-electron chi connectivity index (χ2n) is 4.38. The van der Waals surface area contributed by atoms with Crippen LogP contribution in [0.4, 0.5) is 5.69 Å². The predicted octanol–water partition coefficient (Wildman–Crippen LogP) is 2.03. The molecule has 0 radical (unpaired) electrons. The number of aryl methyl sites for hydroxylation is 1. The van der Waals surface area contributed by atoms with E-state index in [9.17, 15) is 0 Å². The molecular weight excluding hydrogens is 200 g/mol. The van der Waals surface area contributed by atoms with Crippen LogP contribution in [-0.2, 0) is 0 Å². The Kier molecular flexibility index (Phi) is 4.62. The van der Waals surface area contributed by atoms with Gasteiger partial charge in [0.05, 0.1) is 7.11 Å². The summed E-state index contributed by atoms with van der Waals surface area (Å²) in [6.07, 6.45) is 0. The fourth-order valence-electron chi connectivity index (χ4n) is 1.75. The summed E-state index contributed by atoms with van der Waals surface area (Å²) >= 11 is 0. The van der Waals surface area contributed by atoms with Crippen LogP contribution in [-0.4, -0.2) is 27.2 Å². The van der Waals surface area contributed by atoms with Crippen molar-refractivity contribution in [1.29, 1.82) is 0 Å². The third-order valence-corrected chi connectivity index (χ3v) is 2.81. The van der Waals surface area contributed by atoms with Crippen LogP contribution >= 0.6 is 0 Å². The number of nitrogens with two attached hydrogens (primary N) is 1. The normalized spacial score (nSPS) is 12.3. The van der Waals surface area contributed by atoms with Gasteiger partial charge in [-0.15, -0.1) is 0 Å². The van der Waals surface area contributed by atoms with Gasteiger partial charge in [-0.05, 0) is 43.1 Å². The van der Waals surface area contributed by atoms with Crippen molar-refractivity contribution in [2.75, 3.05) is 32.1 Å². The summed E-state index contributed by atoms with van der Waals surface area (Å²) in [5, 5.41) is 0. The van der Waals surface area contributed by atoms with Gasteiger partial charge in [0.15, 0.2) is 0 Å². The third kappa shape index (κ3) is 3.14. The van der Waals surface area contributed by atoms with Crippen molar-refractivity contribution in [2.45, 2.75) is 13.8 Å². The molecule has 0 aromatic heterocycles. The van der Waals surface area contributed by atoms with E-state index in [1.165, 1.54) is 5.69 Å². The Morgan fingerprint density at radius 3 is 2.62 bits per heavy atom. The van der Waals surface area contributed by atoms with E-state index in [4.69, 9.17) is 10.5 Å². The Balaban J connectivity index is 2.76. The zero-order chi connectivity index (χ0) is 12.1. The standard InChI is InChI=1S/C13H22N2O/c1-10(8-14)9-15(3)12-5-6-13(16-4)11(2)7-12/h5-7,10H,8-9,14H2,1-4H3. The minimum atomic E-state index is 0.507. The average molecular weight is 222 g/mol. The minimum Gasteiger partial charge on any atom is -0.496 e. The van der Waals surface area contributed by atoms with Gasteiger partial charge in [-0.2, -0.15) is 0 Å². The molecule has 3 heteroatoms. The molecule has 1 atom stereocenters. The van der Waals surface area contributed by atoms with Gasteiger partial charge >= 0.3 is 0 Å². The van der Waals surface area contributed by atoms with E-state index < -0.39 is 0 Å². The molecule has 0 saturated carbocycles. The van der Waals surface area contributed by atoms with Crippen LogP contribution in [0.1, 0.15) is 12.5 Å². The van der Waals surface area contributed by atoms with Crippen LogP contribution in [0, 0.1) is 12.8 Å². The first-order valence-electron chi connectivity index (χ1n) is 5.64. The van der Waals surface area contributed by atoms with Gasteiger partial charge < -0.3 is 15.4 Å². The molecule has 1 aromatic rings. The molecule has 16 heavy (non-hydrogen) atoms. The molecule has 0 fully saturated rings. The number of rotatable bonds is 5. The molecule has 0 bridgehead atoms. The van der Waals surface area contributed by atoms with Gasteiger partial charge in [0.2, 0.25) is 0 Å². The summed E-state index contributed by atoms with van der Waals surface area (Å²) in [5.41, 5.74) is 7.99. The topological polar surface area (TPSA) is 38.5 Å². The first kappa shape index (κ1) is 12.8. The quantitative estimate of drug-likeness (QED) is 0.828. The maximum Gasteiger partial charge on any atom is 0.121 e. The molecule has 1 aromatic carbocycles. The summed E-state index contributed by atoms with van der Waals surface area (Å²) in [6, 6.07) is 6.23. The minimum absolute atomic E-state index is 0.507. The molecule has 0 heterocycles. The van der Waals surface area contributed by atoms with Gasteiger partial charge in [-0.1, -0.05) is 6.92 Å². The van der Waals surface area contributed by atoms with Crippen LogP contribution in [0.3, 0.4) is 0 Å². The Morgan fingerprint density at radius 1 is 1.44 bits per heavy atom. The van der Waals surface area contributed by atoms with Crippen LogP contribution in [0.15, 0.2) is 18.2 Å². The summed E-state index contributed by atoms with van der Waals surface area (Å²) in [6.45, 7) is 5.91. The number of benzene rings is 1. The van der Waals surface area contributed by atoms with Gasteiger partial charge in [0, 0.05) is 19.3 Å². The molecule has 1 rings (SSSR count). The van der Waals surface area contributed by atoms with E-state index in [0.29, 0.717) is 5.92 Å². The Labute approximate surface area is 98.2 Å². The van der Waals surface area contributed by atoms with Crippen molar-refractivity contribution >= 4 is 5.69 Å². The van der Waals surface area contributed by atoms with Crippen LogP contribution < -0.4 is 15.4 Å². The molecule has 0 aliphatic heterocycles. The van der Waals surface area contributed by atoms with Gasteiger partial charge in [-0.25, -0.2) is 0 Å². The molecule has 0 saturated heterocycles. The highest BCUT2D eigenvalue weighted by Gasteiger charge is 2.07. The lowest BCUT2D eigenvalue weighted by Gasteiger charge is -2.23. The molecule has 90 valence electrons. The molecule has 2 N–H and O–H groups in total. The maximum atomic E-state index is 5.63. The van der Waals surface area contributed by atoms with Gasteiger partial charge in [0.1, 0.15) is 5.75 Å². The smallest absolute Gasteiger partial charge is 0.121 e. The van der Waals surface area contributed by atoms with Crippen molar-refractivity contribution in [2.24, 2.45) is 11.7 Å². The summed E-state index contributed by atoms with van der Waals surface area (Å²) in [5.74, 6) is 1.44. The SMILES string of the molecule is COc1ccc(N(C)CC(C)CN)cc1C. The number of hydrogen-bond acceptors (Lipinski definition) is 3. The van der Waals surface area contributed by atoms with E-state index in [0.717, 1.165) is 24.4 Å². The maximum absolute atomic E-state index is 5.63. The van der Waals surface area contributed by atoms with Gasteiger partial charge in [0.25, 0.3) is 0 Å². The third-order valence-electron chi connectivity index (χ3n) is 2.81. The lowest BCUT2D eigenvalue weighted by molar-refractivity contribution is 0.411. The number of methoxy groups -OCH3 is 1. The lowest BCUT2D eigenvalue weighted by Crippen LogP contribution is -2.28. The van der Waals surface area contributed by atoms with Crippen LogP contribution in [0.25, 0.3) is 0 Å². The zero-order valence-electron chi connectivity index (χ0n) is 10.7. The first-order valence-corrected chi connectivity index (χ1v) is 5.64. The van der Waals surface area contributed by atoms with E-state index in [1.54, 1.807) is 7.11 Å². The van der Waals surface area contributed by atoms with Gasteiger partial charge in [-0.3, -0.25) is 0 Å². The van der Waals surface area contributed by atoms with Crippen LogP contribution in [0.2, 0.25) is 0 Å². The molecule has 0 amide bonds. The van der Waals surface area contributed by atoms with Crippen molar-refractivity contribution in [3.63, 3.8) is 0 Å². The van der Waals surface area contributed by atoms with Crippen LogP contribution in [0.5, 0.6) is 5.75 Å². The summed E-state index contributed by atoms with van der Waals surface area (Å²) in [4.78, 5) is 2.23. The second-order valence-corrected chi connectivity index (χ2v) is 4.38. The lowest BCUT2D eigenvalue weighted by atomic mass is 10.1. The fourth-order valence-corrected chi connectivity index (χ4v) is 1.75. The summed E-state index contributed by atoms with van der Waals surface area (Å²) < 4.78 is 5.24. The van der Waals surface area contributed by atoms with E-state index in [1.807, 2.05) is 6.07 Å². The monoisotopic (exact) mass is 222 g/mol. The number of hydrogen-bond donors (Lipinski definition) is 1. The highest BCUT2D eigenvalue weighted by molar-refractivity contribution is 5.52. The van der Waals surface area contributed by atoms with E-state index in [-0.39, 0.29) is 0 Å². The number of nitrogens with zero attached hydrogens (tertiary/aromatic N) is 1. The molecule has 0 spiro atoms. The number of ether oxygens (including phenoxy) is 1. The predicted molar refractivity (Wildman–Crippen MR) is 69.2 cm³/mol. The van der Waals surface area contributed by atoms with Crippen molar-refractivity contribution in [3.05, 3.63) is 23.8 Å². The molecular formula is C13H22N2O. The molecule has 3 nitrogen and oxygen atoms in total. The average Bonchev–Trinajstić information content (AvgIpc) is 2.28. The molecule has 0 aliphatic rings. The Hall–Kier alpha value is -1.22. The van der Waals surface area contributed by atoms with E-state index >= 15 is 0 Å². The van der Waals surface area contributed by atoms with E-state index in [2.05, 4.69) is 37.9 Å². The van der Waals surface area contributed by atoms with Crippen molar-refractivity contribution in [1.82, 2.24) is 0 Å². The Morgan fingerprint density at radius 2 is 2.12 bits per heavy atom. The van der Waals surface area contributed by atoms with Crippen molar-refractivity contribution < 1.29 is 4.74 Å². The second kappa shape index (κ2) is 5.75. The molecule has 0 aliphatic carbocycles. The highest BCUT2D eigenvalue weighted by atomic mass is 16.5. The van der Waals surface area contributed by atoms with Crippen molar-refractivity contribution in [3.8, 4) is 5.75 Å². The number of anilines is 1. The highest BCUT2D eigenvalue weighted by Crippen LogP contribution is 2.23. The first-order chi connectivity index (χ1) is 7.58. The Bertz CT molecular complexity index is 339. The summed E-state index contributed by atoms with van der Waals surface area (Å²) in [7, 11) is 3.79.